The van der Waals surface area contributed by atoms with Crippen molar-refractivity contribution in [3.8, 4) is 0 Å². The minimum Gasteiger partial charge on any atom is -0.468 e. The average Bonchev–Trinajstić information content (AvgIpc) is 2.90. The van der Waals surface area contributed by atoms with Gasteiger partial charge in [-0.05, 0) is 98.7 Å². The largest absolute Gasteiger partial charge is 0.468 e. The topological polar surface area (TPSA) is 69.7 Å². The minimum atomic E-state index is -0.872. The zero-order valence-corrected chi connectivity index (χ0v) is 27.4. The van der Waals surface area contributed by atoms with Gasteiger partial charge in [-0.2, -0.15) is 0 Å². The lowest BCUT2D eigenvalue weighted by Crippen LogP contribution is -2.66. The van der Waals surface area contributed by atoms with Crippen LogP contribution < -0.4 is 0 Å². The maximum Gasteiger partial charge on any atom is 0.333 e. The monoisotopic (exact) mass is 566 g/mol. The van der Waals surface area contributed by atoms with E-state index in [1.54, 1.807) is 13.0 Å². The molecule has 0 aromatic carbocycles. The molecule has 0 aliphatic heterocycles. The van der Waals surface area contributed by atoms with Crippen LogP contribution in [0.4, 0.5) is 0 Å². The van der Waals surface area contributed by atoms with Crippen molar-refractivity contribution in [3.05, 3.63) is 23.3 Å². The van der Waals surface area contributed by atoms with Crippen molar-refractivity contribution >= 4 is 17.7 Å². The lowest BCUT2D eigenvalue weighted by atomic mass is 9.33. The van der Waals surface area contributed by atoms with E-state index >= 15 is 0 Å². The lowest BCUT2D eigenvalue weighted by Gasteiger charge is -2.70. The number of ketones is 1. The molecule has 0 unspecified atom stereocenters. The van der Waals surface area contributed by atoms with Crippen LogP contribution in [0.15, 0.2) is 23.3 Å². The fourth-order valence-corrected chi connectivity index (χ4v) is 11.3. The van der Waals surface area contributed by atoms with Gasteiger partial charge in [-0.1, -0.05) is 66.2 Å². The van der Waals surface area contributed by atoms with Crippen LogP contribution >= 0.6 is 0 Å². The van der Waals surface area contributed by atoms with Crippen LogP contribution in [0.5, 0.6) is 0 Å². The molecular weight excluding hydrogens is 512 g/mol. The zero-order valence-electron chi connectivity index (χ0n) is 27.4. The highest BCUT2D eigenvalue weighted by Gasteiger charge is 2.71. The van der Waals surface area contributed by atoms with E-state index in [-0.39, 0.29) is 44.9 Å². The number of ether oxygens (including phenoxy) is 2. The van der Waals surface area contributed by atoms with Crippen molar-refractivity contribution < 1.29 is 23.9 Å². The summed E-state index contributed by atoms with van der Waals surface area (Å²) in [5, 5.41) is 0. The van der Waals surface area contributed by atoms with Crippen molar-refractivity contribution in [1.29, 1.82) is 0 Å². The van der Waals surface area contributed by atoms with E-state index < -0.39 is 11.5 Å². The molecule has 4 fully saturated rings. The Bertz CT molecular complexity index is 1210. The summed E-state index contributed by atoms with van der Waals surface area (Å²) in [4.78, 5) is 40.2. The molecule has 0 aromatic rings. The minimum absolute atomic E-state index is 0.0335. The molecule has 41 heavy (non-hydrogen) atoms. The van der Waals surface area contributed by atoms with Gasteiger partial charge in [0, 0.05) is 23.3 Å². The Morgan fingerprint density at radius 3 is 2.27 bits per heavy atom. The van der Waals surface area contributed by atoms with Crippen LogP contribution in [-0.2, 0) is 23.9 Å². The molecule has 0 spiro atoms. The molecule has 5 rings (SSSR count). The van der Waals surface area contributed by atoms with Crippen LogP contribution in [0.1, 0.15) is 120 Å². The number of rotatable bonds is 3. The second kappa shape index (κ2) is 9.55. The number of allylic oxidation sites excluding steroid dienone is 3. The van der Waals surface area contributed by atoms with Crippen molar-refractivity contribution in [1.82, 2.24) is 0 Å². The number of carbonyl (C=O) groups is 3. The first-order valence-electron chi connectivity index (χ1n) is 16.1. The summed E-state index contributed by atoms with van der Waals surface area (Å²) in [5.41, 5.74) is 0.833. The number of fused-ring (bicyclic) bond motifs is 7. The molecule has 0 radical (unpaired) electrons. The van der Waals surface area contributed by atoms with Gasteiger partial charge in [0.15, 0.2) is 0 Å². The molecule has 0 N–H and O–H groups in total. The highest BCUT2D eigenvalue weighted by Crippen LogP contribution is 2.75. The Morgan fingerprint density at radius 1 is 0.951 bits per heavy atom. The third-order valence-electron chi connectivity index (χ3n) is 13.9. The smallest absolute Gasteiger partial charge is 0.333 e. The zero-order chi connectivity index (χ0) is 30.4. The second-order valence-electron chi connectivity index (χ2n) is 16.5. The van der Waals surface area contributed by atoms with E-state index in [9.17, 15) is 14.4 Å². The predicted octanol–water partition coefficient (Wildman–Crippen LogP) is 8.02. The second-order valence-corrected chi connectivity index (χ2v) is 16.5. The van der Waals surface area contributed by atoms with Gasteiger partial charge in [0.2, 0.25) is 0 Å². The molecule has 4 saturated carbocycles. The Hall–Kier alpha value is -1.91. The Kier molecular flexibility index (Phi) is 7.11. The molecule has 5 nitrogen and oxygen atoms in total. The molecule has 5 aliphatic rings. The van der Waals surface area contributed by atoms with E-state index in [1.807, 2.05) is 6.92 Å². The molecule has 0 bridgehead atoms. The Morgan fingerprint density at radius 2 is 1.63 bits per heavy atom. The van der Waals surface area contributed by atoms with Crippen LogP contribution in [0.3, 0.4) is 0 Å². The van der Waals surface area contributed by atoms with Crippen molar-refractivity contribution in [2.45, 2.75) is 126 Å². The number of hydrogen-bond donors (Lipinski definition) is 0. The van der Waals surface area contributed by atoms with Gasteiger partial charge in [0.1, 0.15) is 17.3 Å². The molecule has 5 aliphatic carbocycles. The molecule has 0 amide bonds. The predicted molar refractivity (Wildman–Crippen MR) is 161 cm³/mol. The quantitative estimate of drug-likeness (QED) is 0.197. The van der Waals surface area contributed by atoms with E-state index in [0.29, 0.717) is 42.5 Å². The van der Waals surface area contributed by atoms with Gasteiger partial charge < -0.3 is 9.47 Å². The molecule has 0 saturated heterocycles. The first-order chi connectivity index (χ1) is 18.9. The van der Waals surface area contributed by atoms with Crippen LogP contribution in [0, 0.1) is 50.2 Å². The molecular formula is C36H54O5. The first kappa shape index (κ1) is 30.5. The summed E-state index contributed by atoms with van der Waals surface area (Å²) in [5.74, 6) is 0.721. The van der Waals surface area contributed by atoms with Crippen LogP contribution in [0.25, 0.3) is 0 Å². The van der Waals surface area contributed by atoms with Crippen LogP contribution in [0.2, 0.25) is 0 Å². The van der Waals surface area contributed by atoms with Gasteiger partial charge >= 0.3 is 11.9 Å². The Labute approximate surface area is 248 Å². The van der Waals surface area contributed by atoms with E-state index in [4.69, 9.17) is 9.47 Å². The SMILES string of the molecule is C/C=C(/C)C(=O)O[C@@H]1CC(C)(C)C[C@H]2C3=CC[C@@H]4[C@@]5(C)CCC(=O)C(C)(C)[C@@H]5CC[C@@]4(C)[C@]3(C)CC[C@@]12C(=O)OC. The normalized spacial score (nSPS) is 44.8. The van der Waals surface area contributed by atoms with Crippen molar-refractivity contribution in [2.24, 2.45) is 50.2 Å². The van der Waals surface area contributed by atoms with Gasteiger partial charge in [-0.25, -0.2) is 4.79 Å². The Balaban J connectivity index is 1.62. The number of esters is 2. The lowest BCUT2D eigenvalue weighted by molar-refractivity contribution is -0.207. The van der Waals surface area contributed by atoms with E-state index in [2.05, 4.69) is 54.5 Å². The van der Waals surface area contributed by atoms with Crippen molar-refractivity contribution in [2.75, 3.05) is 7.11 Å². The summed E-state index contributed by atoms with van der Waals surface area (Å²) < 4.78 is 11.8. The number of hydrogen-bond acceptors (Lipinski definition) is 5. The van der Waals surface area contributed by atoms with Gasteiger partial charge in [0.05, 0.1) is 7.11 Å². The molecule has 8 atom stereocenters. The number of methoxy groups -OCH3 is 1. The maximum absolute atomic E-state index is 14.0. The standard InChI is InChI=1S/C36H54O5/c1-11-22(2)29(38)41-28-21-31(3,4)20-24-23-12-13-26-33(7)16-15-27(37)32(5,6)25(33)14-17-35(26,9)34(23,8)18-19-36(24,28)30(39)40-10/h11-12,24-26,28H,13-21H2,1-10H3/b22-11-/t24-,25-,26+,28+,33-,34+,35+,36-/m0/s1. The van der Waals surface area contributed by atoms with Gasteiger partial charge in [-0.15, -0.1) is 0 Å². The highest BCUT2D eigenvalue weighted by molar-refractivity contribution is 5.88. The summed E-state index contributed by atoms with van der Waals surface area (Å²) in [6.07, 6.45) is 11.6. The molecule has 228 valence electrons. The molecule has 5 heteroatoms. The molecule has 0 aromatic heterocycles. The van der Waals surface area contributed by atoms with E-state index in [1.165, 1.54) is 12.7 Å². The summed E-state index contributed by atoms with van der Waals surface area (Å²) in [7, 11) is 1.48. The number of carbonyl (C=O) groups excluding carboxylic acids is 3. The third kappa shape index (κ3) is 4.02. The molecule has 0 heterocycles. The summed E-state index contributed by atoms with van der Waals surface area (Å²) >= 11 is 0. The average molecular weight is 567 g/mol. The number of Topliss-reactive ketones (excluding diaryl/α,β-unsaturated/α-hetero) is 1. The maximum atomic E-state index is 14.0. The van der Waals surface area contributed by atoms with Gasteiger partial charge in [0.25, 0.3) is 0 Å². The van der Waals surface area contributed by atoms with Crippen LogP contribution in [-0.4, -0.2) is 30.9 Å². The van der Waals surface area contributed by atoms with Gasteiger partial charge in [-0.3, -0.25) is 9.59 Å². The summed E-state index contributed by atoms with van der Waals surface area (Å²) in [6, 6.07) is 0. The first-order valence-corrected chi connectivity index (χ1v) is 16.1. The fourth-order valence-electron chi connectivity index (χ4n) is 11.3. The highest BCUT2D eigenvalue weighted by atomic mass is 16.6. The van der Waals surface area contributed by atoms with Crippen molar-refractivity contribution in [3.63, 3.8) is 0 Å². The third-order valence-corrected chi connectivity index (χ3v) is 13.9. The summed E-state index contributed by atoms with van der Waals surface area (Å²) in [6.45, 7) is 20.0. The fraction of sp³-hybridized carbons (Fsp3) is 0.806. The van der Waals surface area contributed by atoms with E-state index in [0.717, 1.165) is 38.5 Å².